The average Bonchev–Trinajstić information content (AvgIpc) is 2.85. The molecule has 0 aliphatic carbocycles. The monoisotopic (exact) mass is 247 g/mol. The van der Waals surface area contributed by atoms with Gasteiger partial charge in [0.05, 0.1) is 17.0 Å². The van der Waals surface area contributed by atoms with E-state index in [4.69, 9.17) is 4.42 Å². The Balaban J connectivity index is 2.30. The first-order valence-corrected chi connectivity index (χ1v) is 6.05. The number of rotatable bonds is 5. The second-order valence-electron chi connectivity index (χ2n) is 4.05. The number of nitrogens with zero attached hydrogens (tertiary/aromatic N) is 4. The molecule has 0 unspecified atom stereocenters. The van der Waals surface area contributed by atoms with Gasteiger partial charge in [-0.2, -0.15) is 10.2 Å². The van der Waals surface area contributed by atoms with E-state index in [9.17, 15) is 0 Å². The predicted molar refractivity (Wildman–Crippen MR) is 67.1 cm³/mol. The van der Waals surface area contributed by atoms with Crippen LogP contribution in [0.3, 0.4) is 0 Å². The fraction of sp³-hybridized carbons (Fsp3) is 0.500. The van der Waals surface area contributed by atoms with Gasteiger partial charge in [0, 0.05) is 13.0 Å². The standard InChI is InChI=1S/C12H17N5O/c1-4-10-9(7-8(2)14-15-10)12-17-16-11(18-12)5-6-13-3/h7,13H,4-6H2,1-3H3. The van der Waals surface area contributed by atoms with Crippen molar-refractivity contribution in [1.82, 2.24) is 25.7 Å². The van der Waals surface area contributed by atoms with Crippen LogP contribution in [-0.2, 0) is 12.8 Å². The summed E-state index contributed by atoms with van der Waals surface area (Å²) in [5.41, 5.74) is 2.61. The zero-order valence-corrected chi connectivity index (χ0v) is 10.9. The molecule has 0 radical (unpaired) electrons. The highest BCUT2D eigenvalue weighted by atomic mass is 16.4. The van der Waals surface area contributed by atoms with Crippen LogP contribution in [0.15, 0.2) is 10.5 Å². The molecular formula is C12H17N5O. The minimum absolute atomic E-state index is 0.524. The van der Waals surface area contributed by atoms with Gasteiger partial charge in [-0.3, -0.25) is 0 Å². The summed E-state index contributed by atoms with van der Waals surface area (Å²) >= 11 is 0. The molecule has 6 heteroatoms. The van der Waals surface area contributed by atoms with Gasteiger partial charge in [0.2, 0.25) is 11.8 Å². The molecule has 0 saturated heterocycles. The lowest BCUT2D eigenvalue weighted by Gasteiger charge is -2.02. The minimum atomic E-state index is 0.524. The maximum atomic E-state index is 5.64. The highest BCUT2D eigenvalue weighted by molar-refractivity contribution is 5.56. The molecule has 18 heavy (non-hydrogen) atoms. The van der Waals surface area contributed by atoms with Crippen LogP contribution in [0, 0.1) is 6.92 Å². The lowest BCUT2D eigenvalue weighted by Crippen LogP contribution is -2.10. The maximum Gasteiger partial charge on any atom is 0.249 e. The van der Waals surface area contributed by atoms with Crippen molar-refractivity contribution in [3.8, 4) is 11.5 Å². The summed E-state index contributed by atoms with van der Waals surface area (Å²) in [7, 11) is 1.89. The van der Waals surface area contributed by atoms with Crippen molar-refractivity contribution in [2.24, 2.45) is 0 Å². The molecule has 6 nitrogen and oxygen atoms in total. The van der Waals surface area contributed by atoms with Crippen LogP contribution in [0.1, 0.15) is 24.2 Å². The third-order valence-electron chi connectivity index (χ3n) is 2.61. The summed E-state index contributed by atoms with van der Waals surface area (Å²) in [6, 6.07) is 1.93. The normalized spacial score (nSPS) is 10.8. The highest BCUT2D eigenvalue weighted by Crippen LogP contribution is 2.21. The number of hydrogen-bond acceptors (Lipinski definition) is 6. The van der Waals surface area contributed by atoms with Gasteiger partial charge in [-0.05, 0) is 26.5 Å². The first kappa shape index (κ1) is 12.6. The zero-order chi connectivity index (χ0) is 13.0. The van der Waals surface area contributed by atoms with Crippen LogP contribution >= 0.6 is 0 Å². The fourth-order valence-corrected chi connectivity index (χ4v) is 1.66. The van der Waals surface area contributed by atoms with Gasteiger partial charge >= 0.3 is 0 Å². The fourth-order valence-electron chi connectivity index (χ4n) is 1.66. The third kappa shape index (κ3) is 2.70. The van der Waals surface area contributed by atoms with E-state index in [1.807, 2.05) is 27.0 Å². The van der Waals surface area contributed by atoms with Crippen molar-refractivity contribution < 1.29 is 4.42 Å². The molecule has 0 saturated carbocycles. The topological polar surface area (TPSA) is 76.7 Å². The van der Waals surface area contributed by atoms with Gasteiger partial charge in [0.1, 0.15) is 0 Å². The Morgan fingerprint density at radius 2 is 2.06 bits per heavy atom. The maximum absolute atomic E-state index is 5.64. The number of nitrogens with one attached hydrogen (secondary N) is 1. The average molecular weight is 247 g/mol. The van der Waals surface area contributed by atoms with Gasteiger partial charge in [-0.25, -0.2) is 0 Å². The smallest absolute Gasteiger partial charge is 0.249 e. The Labute approximate surface area is 106 Å². The van der Waals surface area contributed by atoms with Crippen molar-refractivity contribution in [3.05, 3.63) is 23.3 Å². The summed E-state index contributed by atoms with van der Waals surface area (Å²) in [5, 5.41) is 19.4. The summed E-state index contributed by atoms with van der Waals surface area (Å²) in [6.45, 7) is 4.74. The second kappa shape index (κ2) is 5.68. The van der Waals surface area contributed by atoms with Gasteiger partial charge < -0.3 is 9.73 Å². The molecule has 0 aliphatic rings. The summed E-state index contributed by atoms with van der Waals surface area (Å²) in [6.07, 6.45) is 1.51. The molecule has 0 fully saturated rings. The third-order valence-corrected chi connectivity index (χ3v) is 2.61. The van der Waals surface area contributed by atoms with Crippen molar-refractivity contribution in [1.29, 1.82) is 0 Å². The largest absolute Gasteiger partial charge is 0.421 e. The quantitative estimate of drug-likeness (QED) is 0.854. The Morgan fingerprint density at radius 3 is 2.78 bits per heavy atom. The van der Waals surface area contributed by atoms with E-state index in [1.165, 1.54) is 0 Å². The van der Waals surface area contributed by atoms with Gasteiger partial charge in [0.25, 0.3) is 0 Å². The Kier molecular flexibility index (Phi) is 3.99. The molecule has 0 amide bonds. The molecule has 0 atom stereocenters. The Morgan fingerprint density at radius 1 is 1.22 bits per heavy atom. The molecule has 2 aromatic rings. The SMILES string of the molecule is CCc1nnc(C)cc1-c1nnc(CCNC)o1. The van der Waals surface area contributed by atoms with Crippen LogP contribution in [0.2, 0.25) is 0 Å². The molecule has 2 aromatic heterocycles. The van der Waals surface area contributed by atoms with E-state index in [0.29, 0.717) is 11.8 Å². The number of aryl methyl sites for hydroxylation is 2. The van der Waals surface area contributed by atoms with E-state index < -0.39 is 0 Å². The summed E-state index contributed by atoms with van der Waals surface area (Å²) in [4.78, 5) is 0. The van der Waals surface area contributed by atoms with Gasteiger partial charge in [-0.15, -0.1) is 10.2 Å². The molecule has 0 bridgehead atoms. The highest BCUT2D eigenvalue weighted by Gasteiger charge is 2.13. The number of likely N-dealkylation sites (N-methyl/N-ethyl adjacent to an activating group) is 1. The Bertz CT molecular complexity index is 523. The first-order valence-electron chi connectivity index (χ1n) is 6.05. The van der Waals surface area contributed by atoms with E-state index in [2.05, 4.69) is 25.7 Å². The van der Waals surface area contributed by atoms with Gasteiger partial charge in [0.15, 0.2) is 0 Å². The molecule has 0 spiro atoms. The molecule has 96 valence electrons. The molecule has 1 N–H and O–H groups in total. The molecule has 2 rings (SSSR count). The van der Waals surface area contributed by atoms with Crippen LogP contribution in [-0.4, -0.2) is 34.0 Å². The first-order chi connectivity index (χ1) is 8.74. The van der Waals surface area contributed by atoms with Crippen molar-refractivity contribution in [2.45, 2.75) is 26.7 Å². The van der Waals surface area contributed by atoms with Crippen LogP contribution < -0.4 is 5.32 Å². The van der Waals surface area contributed by atoms with Crippen molar-refractivity contribution >= 4 is 0 Å². The summed E-state index contributed by atoms with van der Waals surface area (Å²) in [5.74, 6) is 1.16. The number of aromatic nitrogens is 4. The lowest BCUT2D eigenvalue weighted by atomic mass is 10.1. The van der Waals surface area contributed by atoms with E-state index in [1.54, 1.807) is 0 Å². The summed E-state index contributed by atoms with van der Waals surface area (Å²) < 4.78 is 5.64. The van der Waals surface area contributed by atoms with Crippen LogP contribution in [0.25, 0.3) is 11.5 Å². The Hall–Kier alpha value is -1.82. The van der Waals surface area contributed by atoms with Crippen molar-refractivity contribution in [3.63, 3.8) is 0 Å². The van der Waals surface area contributed by atoms with Crippen LogP contribution in [0.4, 0.5) is 0 Å². The van der Waals surface area contributed by atoms with Gasteiger partial charge in [-0.1, -0.05) is 6.92 Å². The van der Waals surface area contributed by atoms with E-state index in [0.717, 1.165) is 36.3 Å². The zero-order valence-electron chi connectivity index (χ0n) is 10.9. The van der Waals surface area contributed by atoms with E-state index in [-0.39, 0.29) is 0 Å². The molecule has 0 aliphatic heterocycles. The number of hydrogen-bond donors (Lipinski definition) is 1. The molecule has 2 heterocycles. The molecular weight excluding hydrogens is 230 g/mol. The van der Waals surface area contributed by atoms with Crippen LogP contribution in [0.5, 0.6) is 0 Å². The minimum Gasteiger partial charge on any atom is -0.421 e. The van der Waals surface area contributed by atoms with Crippen molar-refractivity contribution in [2.75, 3.05) is 13.6 Å². The second-order valence-corrected chi connectivity index (χ2v) is 4.05. The lowest BCUT2D eigenvalue weighted by molar-refractivity contribution is 0.499. The molecule has 0 aromatic carbocycles. The van der Waals surface area contributed by atoms with E-state index >= 15 is 0 Å². The predicted octanol–water partition coefficient (Wildman–Crippen LogP) is 1.16.